The SMILES string of the molecule is CC(C)(C)C(=O)Nc1cccc(NC(=O)C2(c3ccccc3)CC2)c1. The molecular weight excluding hydrogens is 312 g/mol. The first-order valence-corrected chi connectivity index (χ1v) is 8.60. The van der Waals surface area contributed by atoms with Crippen molar-refractivity contribution in [1.29, 1.82) is 0 Å². The summed E-state index contributed by atoms with van der Waals surface area (Å²) in [6.45, 7) is 5.60. The molecule has 0 spiro atoms. The zero-order chi connectivity index (χ0) is 18.1. The van der Waals surface area contributed by atoms with E-state index in [1.165, 1.54) is 0 Å². The van der Waals surface area contributed by atoms with Gasteiger partial charge in [0, 0.05) is 16.8 Å². The molecule has 0 saturated heterocycles. The van der Waals surface area contributed by atoms with Crippen molar-refractivity contribution in [2.24, 2.45) is 5.41 Å². The van der Waals surface area contributed by atoms with Gasteiger partial charge in [-0.1, -0.05) is 57.2 Å². The van der Waals surface area contributed by atoms with Crippen LogP contribution < -0.4 is 10.6 Å². The Kier molecular flexibility index (Phi) is 4.38. The van der Waals surface area contributed by atoms with Gasteiger partial charge in [-0.05, 0) is 36.6 Å². The van der Waals surface area contributed by atoms with Gasteiger partial charge in [0.05, 0.1) is 5.41 Å². The first-order valence-electron chi connectivity index (χ1n) is 8.60. The van der Waals surface area contributed by atoms with E-state index >= 15 is 0 Å². The van der Waals surface area contributed by atoms with Crippen molar-refractivity contribution in [2.75, 3.05) is 10.6 Å². The third-order valence-electron chi connectivity index (χ3n) is 4.57. The Morgan fingerprint density at radius 1 is 0.880 bits per heavy atom. The fourth-order valence-corrected chi connectivity index (χ4v) is 2.77. The van der Waals surface area contributed by atoms with Crippen LogP contribution in [0.4, 0.5) is 11.4 Å². The van der Waals surface area contributed by atoms with Crippen LogP contribution in [0.1, 0.15) is 39.2 Å². The molecule has 4 nitrogen and oxygen atoms in total. The van der Waals surface area contributed by atoms with Crippen LogP contribution in [-0.4, -0.2) is 11.8 Å². The van der Waals surface area contributed by atoms with Gasteiger partial charge in [-0.15, -0.1) is 0 Å². The second-order valence-corrected chi connectivity index (χ2v) is 7.69. The van der Waals surface area contributed by atoms with Crippen molar-refractivity contribution in [3.05, 3.63) is 60.2 Å². The molecule has 2 N–H and O–H groups in total. The molecule has 0 heterocycles. The fraction of sp³-hybridized carbons (Fsp3) is 0.333. The Morgan fingerprint density at radius 3 is 2.04 bits per heavy atom. The Morgan fingerprint density at radius 2 is 1.48 bits per heavy atom. The van der Waals surface area contributed by atoms with Gasteiger partial charge in [-0.25, -0.2) is 0 Å². The van der Waals surface area contributed by atoms with Crippen LogP contribution in [0, 0.1) is 5.41 Å². The molecule has 0 bridgehead atoms. The normalized spacial score (nSPS) is 15.3. The summed E-state index contributed by atoms with van der Waals surface area (Å²) < 4.78 is 0. The lowest BCUT2D eigenvalue weighted by molar-refractivity contribution is -0.123. The Hall–Kier alpha value is -2.62. The van der Waals surface area contributed by atoms with Gasteiger partial charge in [0.1, 0.15) is 0 Å². The molecule has 0 radical (unpaired) electrons. The minimum absolute atomic E-state index is 0.0120. The van der Waals surface area contributed by atoms with Crippen LogP contribution in [0.25, 0.3) is 0 Å². The first kappa shape index (κ1) is 17.2. The van der Waals surface area contributed by atoms with Crippen molar-refractivity contribution in [1.82, 2.24) is 0 Å². The first-order chi connectivity index (χ1) is 11.8. The van der Waals surface area contributed by atoms with Gasteiger partial charge in [-0.2, -0.15) is 0 Å². The number of hydrogen-bond donors (Lipinski definition) is 2. The largest absolute Gasteiger partial charge is 0.326 e. The molecule has 0 atom stereocenters. The number of nitrogens with one attached hydrogen (secondary N) is 2. The molecule has 1 aliphatic carbocycles. The van der Waals surface area contributed by atoms with Crippen molar-refractivity contribution in [3.63, 3.8) is 0 Å². The number of anilines is 2. The third kappa shape index (κ3) is 3.73. The molecule has 0 aromatic heterocycles. The van der Waals surface area contributed by atoms with E-state index in [1.54, 1.807) is 6.07 Å². The monoisotopic (exact) mass is 336 g/mol. The summed E-state index contributed by atoms with van der Waals surface area (Å²) >= 11 is 0. The van der Waals surface area contributed by atoms with E-state index in [-0.39, 0.29) is 11.8 Å². The summed E-state index contributed by atoms with van der Waals surface area (Å²) in [4.78, 5) is 24.9. The van der Waals surface area contributed by atoms with Gasteiger partial charge in [-0.3, -0.25) is 9.59 Å². The van der Waals surface area contributed by atoms with Crippen LogP contribution in [0.5, 0.6) is 0 Å². The lowest BCUT2D eigenvalue weighted by Crippen LogP contribution is -2.28. The molecule has 1 fully saturated rings. The molecule has 25 heavy (non-hydrogen) atoms. The summed E-state index contributed by atoms with van der Waals surface area (Å²) in [6, 6.07) is 17.2. The highest BCUT2D eigenvalue weighted by Gasteiger charge is 2.51. The Balaban J connectivity index is 1.73. The van der Waals surface area contributed by atoms with E-state index in [0.717, 1.165) is 18.4 Å². The quantitative estimate of drug-likeness (QED) is 0.872. The predicted molar refractivity (Wildman–Crippen MR) is 101 cm³/mol. The molecule has 130 valence electrons. The Bertz CT molecular complexity index is 787. The van der Waals surface area contributed by atoms with E-state index < -0.39 is 10.8 Å². The Labute approximate surface area is 148 Å². The smallest absolute Gasteiger partial charge is 0.235 e. The van der Waals surface area contributed by atoms with Crippen LogP contribution in [0.15, 0.2) is 54.6 Å². The van der Waals surface area contributed by atoms with E-state index in [4.69, 9.17) is 0 Å². The van der Waals surface area contributed by atoms with Gasteiger partial charge in [0.25, 0.3) is 0 Å². The van der Waals surface area contributed by atoms with Gasteiger partial charge < -0.3 is 10.6 Å². The molecule has 1 aliphatic rings. The minimum Gasteiger partial charge on any atom is -0.326 e. The van der Waals surface area contributed by atoms with E-state index in [9.17, 15) is 9.59 Å². The molecule has 2 aromatic rings. The van der Waals surface area contributed by atoms with Gasteiger partial charge >= 0.3 is 0 Å². The van der Waals surface area contributed by atoms with Gasteiger partial charge in [0.2, 0.25) is 11.8 Å². The highest BCUT2D eigenvalue weighted by molar-refractivity contribution is 6.02. The number of benzene rings is 2. The molecule has 4 heteroatoms. The molecular formula is C21H24N2O2. The minimum atomic E-state index is -0.468. The zero-order valence-electron chi connectivity index (χ0n) is 14.9. The van der Waals surface area contributed by atoms with Crippen molar-refractivity contribution < 1.29 is 9.59 Å². The third-order valence-corrected chi connectivity index (χ3v) is 4.57. The molecule has 2 aromatic carbocycles. The number of rotatable bonds is 4. The standard InChI is InChI=1S/C21H24N2O2/c1-20(2,3)18(24)22-16-10-7-11-17(14-16)23-19(25)21(12-13-21)15-8-5-4-6-9-15/h4-11,14H,12-13H2,1-3H3,(H,22,24)(H,23,25). The second-order valence-electron chi connectivity index (χ2n) is 7.69. The van der Waals surface area contributed by atoms with E-state index in [1.807, 2.05) is 69.3 Å². The van der Waals surface area contributed by atoms with Crippen molar-refractivity contribution >= 4 is 23.2 Å². The highest BCUT2D eigenvalue weighted by atomic mass is 16.2. The van der Waals surface area contributed by atoms with Crippen LogP contribution in [0.2, 0.25) is 0 Å². The van der Waals surface area contributed by atoms with Gasteiger partial charge in [0.15, 0.2) is 0 Å². The summed E-state index contributed by atoms with van der Waals surface area (Å²) in [5.74, 6) is -0.0445. The van der Waals surface area contributed by atoms with Crippen LogP contribution in [-0.2, 0) is 15.0 Å². The lowest BCUT2D eigenvalue weighted by Gasteiger charge is -2.19. The fourth-order valence-electron chi connectivity index (χ4n) is 2.77. The number of hydrogen-bond acceptors (Lipinski definition) is 2. The summed E-state index contributed by atoms with van der Waals surface area (Å²) in [6.07, 6.45) is 1.73. The molecule has 0 unspecified atom stereocenters. The van der Waals surface area contributed by atoms with E-state index in [0.29, 0.717) is 11.4 Å². The number of carbonyl (C=O) groups is 2. The maximum atomic E-state index is 12.8. The molecule has 2 amide bonds. The maximum absolute atomic E-state index is 12.8. The van der Waals surface area contributed by atoms with Crippen molar-refractivity contribution in [2.45, 2.75) is 39.0 Å². The van der Waals surface area contributed by atoms with E-state index in [2.05, 4.69) is 10.6 Å². The second kappa shape index (κ2) is 6.36. The van der Waals surface area contributed by atoms with Crippen LogP contribution >= 0.6 is 0 Å². The zero-order valence-corrected chi connectivity index (χ0v) is 14.9. The maximum Gasteiger partial charge on any atom is 0.235 e. The number of amides is 2. The lowest BCUT2D eigenvalue weighted by atomic mass is 9.95. The molecule has 0 aliphatic heterocycles. The average Bonchev–Trinajstić information content (AvgIpc) is 3.37. The average molecular weight is 336 g/mol. The summed E-state index contributed by atoms with van der Waals surface area (Å²) in [5, 5.41) is 5.90. The summed E-state index contributed by atoms with van der Waals surface area (Å²) in [5.41, 5.74) is 1.56. The molecule has 1 saturated carbocycles. The highest BCUT2D eigenvalue weighted by Crippen LogP contribution is 2.48. The van der Waals surface area contributed by atoms with Crippen LogP contribution in [0.3, 0.4) is 0 Å². The predicted octanol–water partition coefficient (Wildman–Crippen LogP) is 4.34. The molecule has 3 rings (SSSR count). The van der Waals surface area contributed by atoms with Crippen molar-refractivity contribution in [3.8, 4) is 0 Å². The number of carbonyl (C=O) groups excluding carboxylic acids is 2. The summed E-state index contributed by atoms with van der Waals surface area (Å²) in [7, 11) is 0. The topological polar surface area (TPSA) is 58.2 Å².